The Morgan fingerprint density at radius 2 is 1.90 bits per heavy atom. The van der Waals surface area contributed by atoms with E-state index in [4.69, 9.17) is 4.42 Å². The Hall–Kier alpha value is -2.60. The van der Waals surface area contributed by atoms with Crippen LogP contribution in [0.25, 0.3) is 0 Å². The molecule has 1 aromatic heterocycles. The standard InChI is InChI=1S/C23H31N3O3/c1-18-10-14-26(15-11-18)13-6-12-24-22(27)20(17-19-7-3-2-4-8-19)25-23(28)21-9-5-16-29-21/h2-5,7-9,16,18,20H,6,10-15,17H2,1H3,(H,24,27)(H,25,28). The van der Waals surface area contributed by atoms with Crippen LogP contribution in [0.1, 0.15) is 42.3 Å². The second kappa shape index (κ2) is 10.8. The number of hydrogen-bond acceptors (Lipinski definition) is 4. The molecule has 0 saturated carbocycles. The van der Waals surface area contributed by atoms with Crippen LogP contribution in [0, 0.1) is 5.92 Å². The van der Waals surface area contributed by atoms with Gasteiger partial charge in [-0.25, -0.2) is 0 Å². The van der Waals surface area contributed by atoms with Crippen LogP contribution in [0.5, 0.6) is 0 Å². The van der Waals surface area contributed by atoms with Crippen molar-refractivity contribution in [2.45, 2.75) is 38.6 Å². The van der Waals surface area contributed by atoms with Gasteiger partial charge in [0.05, 0.1) is 6.26 Å². The lowest BCUT2D eigenvalue weighted by Gasteiger charge is -2.30. The molecule has 0 radical (unpaired) electrons. The van der Waals surface area contributed by atoms with E-state index in [-0.39, 0.29) is 17.6 Å². The van der Waals surface area contributed by atoms with Crippen molar-refractivity contribution in [1.82, 2.24) is 15.5 Å². The smallest absolute Gasteiger partial charge is 0.287 e. The normalized spacial score (nSPS) is 16.3. The van der Waals surface area contributed by atoms with Crippen molar-refractivity contribution in [1.29, 1.82) is 0 Å². The molecule has 0 aliphatic carbocycles. The molecule has 1 saturated heterocycles. The number of nitrogens with zero attached hydrogens (tertiary/aromatic N) is 1. The molecule has 29 heavy (non-hydrogen) atoms. The van der Waals surface area contributed by atoms with E-state index in [0.29, 0.717) is 13.0 Å². The highest BCUT2D eigenvalue weighted by Gasteiger charge is 2.23. The highest BCUT2D eigenvalue weighted by atomic mass is 16.3. The van der Waals surface area contributed by atoms with E-state index in [1.807, 2.05) is 30.3 Å². The van der Waals surface area contributed by atoms with Crippen molar-refractivity contribution in [3.63, 3.8) is 0 Å². The highest BCUT2D eigenvalue weighted by Crippen LogP contribution is 2.15. The molecule has 2 N–H and O–H groups in total. The number of nitrogens with one attached hydrogen (secondary N) is 2. The largest absolute Gasteiger partial charge is 0.459 e. The Kier molecular flexibility index (Phi) is 7.87. The number of carbonyl (C=O) groups is 2. The molecule has 1 aliphatic heterocycles. The minimum absolute atomic E-state index is 0.166. The fraction of sp³-hybridized carbons (Fsp3) is 0.478. The maximum Gasteiger partial charge on any atom is 0.287 e. The van der Waals surface area contributed by atoms with Crippen LogP contribution in [-0.2, 0) is 11.2 Å². The van der Waals surface area contributed by atoms with Gasteiger partial charge in [0.15, 0.2) is 5.76 Å². The number of benzene rings is 1. The van der Waals surface area contributed by atoms with E-state index in [9.17, 15) is 9.59 Å². The van der Waals surface area contributed by atoms with Crippen LogP contribution in [0.4, 0.5) is 0 Å². The van der Waals surface area contributed by atoms with Crippen LogP contribution in [0.15, 0.2) is 53.1 Å². The van der Waals surface area contributed by atoms with Crippen molar-refractivity contribution in [3.8, 4) is 0 Å². The van der Waals surface area contributed by atoms with Gasteiger partial charge in [0, 0.05) is 13.0 Å². The molecule has 6 nitrogen and oxygen atoms in total. The third kappa shape index (κ3) is 6.75. The first kappa shape index (κ1) is 21.1. The first-order chi connectivity index (χ1) is 14.1. The Morgan fingerprint density at radius 1 is 1.14 bits per heavy atom. The Labute approximate surface area is 172 Å². The second-order valence-corrected chi connectivity index (χ2v) is 7.86. The maximum atomic E-state index is 12.8. The van der Waals surface area contributed by atoms with E-state index < -0.39 is 6.04 Å². The lowest BCUT2D eigenvalue weighted by atomic mass is 9.99. The summed E-state index contributed by atoms with van der Waals surface area (Å²) in [5, 5.41) is 5.80. The number of furan rings is 1. The van der Waals surface area contributed by atoms with Gasteiger partial charge >= 0.3 is 0 Å². The second-order valence-electron chi connectivity index (χ2n) is 7.86. The molecular formula is C23H31N3O3. The third-order valence-corrected chi connectivity index (χ3v) is 5.48. The summed E-state index contributed by atoms with van der Waals surface area (Å²) in [5.74, 6) is 0.479. The van der Waals surface area contributed by atoms with Gasteiger partial charge in [0.2, 0.25) is 5.91 Å². The molecule has 2 heterocycles. The minimum Gasteiger partial charge on any atom is -0.459 e. The van der Waals surface area contributed by atoms with Gasteiger partial charge in [-0.2, -0.15) is 0 Å². The van der Waals surface area contributed by atoms with E-state index >= 15 is 0 Å². The monoisotopic (exact) mass is 397 g/mol. The molecule has 156 valence electrons. The van der Waals surface area contributed by atoms with Crippen molar-refractivity contribution in [3.05, 3.63) is 60.1 Å². The minimum atomic E-state index is -0.647. The van der Waals surface area contributed by atoms with Gasteiger partial charge in [-0.1, -0.05) is 37.3 Å². The average molecular weight is 398 g/mol. The van der Waals surface area contributed by atoms with Crippen LogP contribution in [-0.4, -0.2) is 48.9 Å². The summed E-state index contributed by atoms with van der Waals surface area (Å²) in [6.45, 7) is 6.19. The van der Waals surface area contributed by atoms with Crippen LogP contribution >= 0.6 is 0 Å². The number of rotatable bonds is 9. The van der Waals surface area contributed by atoms with Crippen LogP contribution < -0.4 is 10.6 Å². The number of piperidine rings is 1. The summed E-state index contributed by atoms with van der Waals surface area (Å²) in [5.41, 5.74) is 0.995. The zero-order valence-corrected chi connectivity index (χ0v) is 17.1. The van der Waals surface area contributed by atoms with Gasteiger partial charge in [0.1, 0.15) is 6.04 Å². The van der Waals surface area contributed by atoms with Gasteiger partial charge in [-0.15, -0.1) is 0 Å². The van der Waals surface area contributed by atoms with Crippen molar-refractivity contribution in [2.24, 2.45) is 5.92 Å². The maximum absolute atomic E-state index is 12.8. The molecule has 1 unspecified atom stereocenters. The van der Waals surface area contributed by atoms with Crippen molar-refractivity contribution in [2.75, 3.05) is 26.2 Å². The third-order valence-electron chi connectivity index (χ3n) is 5.48. The molecule has 2 amide bonds. The Morgan fingerprint density at radius 3 is 2.59 bits per heavy atom. The first-order valence-corrected chi connectivity index (χ1v) is 10.5. The number of hydrogen-bond donors (Lipinski definition) is 2. The molecule has 3 rings (SSSR count). The summed E-state index contributed by atoms with van der Waals surface area (Å²) in [7, 11) is 0. The SMILES string of the molecule is CC1CCN(CCCNC(=O)C(Cc2ccccc2)NC(=O)c2ccco2)CC1. The lowest BCUT2D eigenvalue weighted by molar-refractivity contribution is -0.123. The van der Waals surface area contributed by atoms with Gasteiger partial charge in [-0.3, -0.25) is 9.59 Å². The van der Waals surface area contributed by atoms with Gasteiger partial charge in [0.25, 0.3) is 5.91 Å². The molecule has 0 spiro atoms. The first-order valence-electron chi connectivity index (χ1n) is 10.5. The number of carbonyl (C=O) groups excluding carboxylic acids is 2. The highest BCUT2D eigenvalue weighted by molar-refractivity contribution is 5.95. The molecular weight excluding hydrogens is 366 g/mol. The van der Waals surface area contributed by atoms with Gasteiger partial charge < -0.3 is 20.0 Å². The summed E-state index contributed by atoms with van der Waals surface area (Å²) in [6, 6.07) is 12.3. The van der Waals surface area contributed by atoms with E-state index in [2.05, 4.69) is 22.5 Å². The zero-order valence-electron chi connectivity index (χ0n) is 17.1. The topological polar surface area (TPSA) is 74.6 Å². The van der Waals surface area contributed by atoms with E-state index in [1.165, 1.54) is 19.1 Å². The van der Waals surface area contributed by atoms with Crippen molar-refractivity contribution >= 4 is 11.8 Å². The summed E-state index contributed by atoms with van der Waals surface area (Å²) >= 11 is 0. The van der Waals surface area contributed by atoms with Crippen LogP contribution in [0.2, 0.25) is 0 Å². The van der Waals surface area contributed by atoms with Gasteiger partial charge in [-0.05, 0) is 62.5 Å². The summed E-state index contributed by atoms with van der Waals surface area (Å²) in [4.78, 5) is 27.6. The molecule has 6 heteroatoms. The molecule has 0 bridgehead atoms. The van der Waals surface area contributed by atoms with Crippen molar-refractivity contribution < 1.29 is 14.0 Å². The fourth-order valence-corrected chi connectivity index (χ4v) is 3.62. The molecule has 1 aliphatic rings. The van der Waals surface area contributed by atoms with Crippen LogP contribution in [0.3, 0.4) is 0 Å². The molecule has 2 aromatic rings. The summed E-state index contributed by atoms with van der Waals surface area (Å²) in [6.07, 6.45) is 5.30. The Bertz CT molecular complexity index is 753. The quantitative estimate of drug-likeness (QED) is 0.638. The number of amides is 2. The summed E-state index contributed by atoms with van der Waals surface area (Å²) < 4.78 is 5.15. The predicted molar refractivity (Wildman–Crippen MR) is 113 cm³/mol. The molecule has 1 fully saturated rings. The zero-order chi connectivity index (χ0) is 20.5. The molecule has 1 aromatic carbocycles. The number of likely N-dealkylation sites (tertiary alicyclic amines) is 1. The molecule has 1 atom stereocenters. The predicted octanol–water partition coefficient (Wildman–Crippen LogP) is 2.86. The lowest BCUT2D eigenvalue weighted by Crippen LogP contribution is -2.48. The Balaban J connectivity index is 1.50. The van der Waals surface area contributed by atoms with E-state index in [1.54, 1.807) is 12.1 Å². The fourth-order valence-electron chi connectivity index (χ4n) is 3.62. The average Bonchev–Trinajstić information content (AvgIpc) is 3.28. The van der Waals surface area contributed by atoms with E-state index in [0.717, 1.165) is 37.5 Å².